The number of carbonyl (C=O) groups is 1. The SMILES string of the molecule is CC(=O)c1cncc(-c2cccc(C(F)(F)F)c2)c1. The molecule has 0 aliphatic heterocycles. The second-order valence-corrected chi connectivity index (χ2v) is 4.10. The zero-order valence-electron chi connectivity index (χ0n) is 10.0. The Hall–Kier alpha value is -2.17. The Bertz CT molecular complexity index is 620. The number of hydrogen-bond acceptors (Lipinski definition) is 2. The third-order valence-electron chi connectivity index (χ3n) is 2.67. The van der Waals surface area contributed by atoms with E-state index < -0.39 is 11.7 Å². The van der Waals surface area contributed by atoms with Crippen molar-refractivity contribution < 1.29 is 18.0 Å². The minimum Gasteiger partial charge on any atom is -0.294 e. The molecule has 1 aromatic heterocycles. The van der Waals surface area contributed by atoms with Crippen molar-refractivity contribution in [2.75, 3.05) is 0 Å². The largest absolute Gasteiger partial charge is 0.416 e. The molecule has 0 amide bonds. The van der Waals surface area contributed by atoms with Gasteiger partial charge in [0.25, 0.3) is 0 Å². The van der Waals surface area contributed by atoms with Crippen molar-refractivity contribution in [2.45, 2.75) is 13.1 Å². The van der Waals surface area contributed by atoms with Gasteiger partial charge in [0.1, 0.15) is 0 Å². The van der Waals surface area contributed by atoms with Crippen LogP contribution in [-0.2, 0) is 6.18 Å². The summed E-state index contributed by atoms with van der Waals surface area (Å²) in [5, 5.41) is 0. The maximum Gasteiger partial charge on any atom is 0.416 e. The highest BCUT2D eigenvalue weighted by molar-refractivity contribution is 5.94. The Morgan fingerprint density at radius 3 is 2.47 bits per heavy atom. The number of aromatic nitrogens is 1. The fourth-order valence-corrected chi connectivity index (χ4v) is 1.67. The van der Waals surface area contributed by atoms with Gasteiger partial charge in [-0.2, -0.15) is 13.2 Å². The number of halogens is 3. The van der Waals surface area contributed by atoms with E-state index in [-0.39, 0.29) is 5.78 Å². The summed E-state index contributed by atoms with van der Waals surface area (Å²) in [6.45, 7) is 1.38. The highest BCUT2D eigenvalue weighted by Crippen LogP contribution is 2.32. The van der Waals surface area contributed by atoms with Crippen LogP contribution in [0.5, 0.6) is 0 Å². The second kappa shape index (κ2) is 4.84. The van der Waals surface area contributed by atoms with Crippen molar-refractivity contribution in [3.63, 3.8) is 0 Å². The molecular weight excluding hydrogens is 255 g/mol. The van der Waals surface area contributed by atoms with Crippen molar-refractivity contribution in [2.24, 2.45) is 0 Å². The molecule has 0 saturated carbocycles. The third kappa shape index (κ3) is 2.99. The first kappa shape index (κ1) is 13.3. The lowest BCUT2D eigenvalue weighted by Crippen LogP contribution is -2.04. The molecule has 1 aromatic carbocycles. The number of rotatable bonds is 2. The van der Waals surface area contributed by atoms with E-state index in [1.807, 2.05) is 0 Å². The molecule has 2 aromatic rings. The highest BCUT2D eigenvalue weighted by Gasteiger charge is 2.30. The van der Waals surface area contributed by atoms with Gasteiger partial charge in [0.2, 0.25) is 0 Å². The summed E-state index contributed by atoms with van der Waals surface area (Å²) >= 11 is 0. The first-order chi connectivity index (χ1) is 8.88. The van der Waals surface area contributed by atoms with Crippen molar-refractivity contribution in [3.05, 3.63) is 53.9 Å². The van der Waals surface area contributed by atoms with Crippen molar-refractivity contribution >= 4 is 5.78 Å². The number of carbonyl (C=O) groups excluding carboxylic acids is 1. The van der Waals surface area contributed by atoms with Gasteiger partial charge in [-0.15, -0.1) is 0 Å². The summed E-state index contributed by atoms with van der Waals surface area (Å²) in [5.74, 6) is -0.179. The Morgan fingerprint density at radius 2 is 1.84 bits per heavy atom. The molecule has 0 aliphatic rings. The average molecular weight is 265 g/mol. The molecule has 0 atom stereocenters. The van der Waals surface area contributed by atoms with Crippen LogP contribution in [0, 0.1) is 0 Å². The van der Waals surface area contributed by atoms with Gasteiger partial charge >= 0.3 is 6.18 Å². The van der Waals surface area contributed by atoms with Crippen LogP contribution in [0.25, 0.3) is 11.1 Å². The van der Waals surface area contributed by atoms with Gasteiger partial charge in [-0.3, -0.25) is 9.78 Å². The van der Waals surface area contributed by atoms with Crippen molar-refractivity contribution in [1.82, 2.24) is 4.98 Å². The lowest BCUT2D eigenvalue weighted by atomic mass is 10.0. The van der Waals surface area contributed by atoms with E-state index >= 15 is 0 Å². The Morgan fingerprint density at radius 1 is 1.11 bits per heavy atom. The van der Waals surface area contributed by atoms with Gasteiger partial charge in [-0.1, -0.05) is 12.1 Å². The molecule has 1 heterocycles. The van der Waals surface area contributed by atoms with Crippen LogP contribution in [0.4, 0.5) is 13.2 Å². The fourth-order valence-electron chi connectivity index (χ4n) is 1.67. The summed E-state index contributed by atoms with van der Waals surface area (Å²) in [6, 6.07) is 6.46. The van der Waals surface area contributed by atoms with Gasteiger partial charge in [-0.25, -0.2) is 0 Å². The molecule has 0 bridgehead atoms. The molecule has 0 aliphatic carbocycles. The normalized spacial score (nSPS) is 11.4. The number of benzene rings is 1. The number of Topliss-reactive ketones (excluding diaryl/α,β-unsaturated/α-hetero) is 1. The molecule has 0 unspecified atom stereocenters. The minimum absolute atomic E-state index is 0.179. The summed E-state index contributed by atoms with van der Waals surface area (Å²) in [4.78, 5) is 15.1. The standard InChI is InChI=1S/C14H10F3NO/c1-9(19)11-5-12(8-18-7-11)10-3-2-4-13(6-10)14(15,16)17/h2-8H,1H3. The fraction of sp³-hybridized carbons (Fsp3) is 0.143. The summed E-state index contributed by atoms with van der Waals surface area (Å²) in [5.41, 5.74) is 0.511. The predicted octanol–water partition coefficient (Wildman–Crippen LogP) is 3.97. The van der Waals surface area contributed by atoms with Crippen molar-refractivity contribution in [3.8, 4) is 11.1 Å². The predicted molar refractivity (Wildman–Crippen MR) is 64.7 cm³/mol. The van der Waals surface area contributed by atoms with E-state index in [4.69, 9.17) is 0 Å². The lowest BCUT2D eigenvalue weighted by Gasteiger charge is -2.09. The van der Waals surface area contributed by atoms with Gasteiger partial charge in [0, 0.05) is 23.5 Å². The molecule has 0 spiro atoms. The molecule has 5 heteroatoms. The Balaban J connectivity index is 2.48. The van der Waals surface area contributed by atoms with Crippen molar-refractivity contribution in [1.29, 1.82) is 0 Å². The summed E-state index contributed by atoms with van der Waals surface area (Å²) in [7, 11) is 0. The molecule has 0 saturated heterocycles. The zero-order valence-corrected chi connectivity index (χ0v) is 10.0. The minimum atomic E-state index is -4.39. The van der Waals surface area contributed by atoms with Crippen LogP contribution in [0.3, 0.4) is 0 Å². The molecule has 2 nitrogen and oxygen atoms in total. The van der Waals surface area contributed by atoms with Crippen LogP contribution in [-0.4, -0.2) is 10.8 Å². The second-order valence-electron chi connectivity index (χ2n) is 4.10. The van der Waals surface area contributed by atoms with Gasteiger partial charge in [0.05, 0.1) is 5.56 Å². The first-order valence-electron chi connectivity index (χ1n) is 5.51. The number of hydrogen-bond donors (Lipinski definition) is 0. The number of ketones is 1. The van der Waals surface area contributed by atoms with Gasteiger partial charge in [0.15, 0.2) is 5.78 Å². The van der Waals surface area contributed by atoms with Crippen LogP contribution >= 0.6 is 0 Å². The van der Waals surface area contributed by atoms with Crippen LogP contribution < -0.4 is 0 Å². The molecular formula is C14H10F3NO. The van der Waals surface area contributed by atoms with Crippen LogP contribution in [0.1, 0.15) is 22.8 Å². The quantitative estimate of drug-likeness (QED) is 0.769. The van der Waals surface area contributed by atoms with E-state index in [1.54, 1.807) is 6.07 Å². The lowest BCUT2D eigenvalue weighted by molar-refractivity contribution is -0.137. The van der Waals surface area contributed by atoms with Crippen LogP contribution in [0.2, 0.25) is 0 Å². The number of pyridine rings is 1. The Labute approximate surface area is 107 Å². The van der Waals surface area contributed by atoms with Gasteiger partial charge in [-0.05, 0) is 30.7 Å². The molecule has 0 radical (unpaired) electrons. The number of nitrogens with zero attached hydrogens (tertiary/aromatic N) is 1. The maximum absolute atomic E-state index is 12.6. The maximum atomic E-state index is 12.6. The monoisotopic (exact) mass is 265 g/mol. The van der Waals surface area contributed by atoms with E-state index in [0.29, 0.717) is 16.7 Å². The molecule has 0 N–H and O–H groups in total. The summed E-state index contributed by atoms with van der Waals surface area (Å²) < 4.78 is 37.9. The smallest absolute Gasteiger partial charge is 0.294 e. The molecule has 98 valence electrons. The first-order valence-corrected chi connectivity index (χ1v) is 5.51. The Kier molecular flexibility index (Phi) is 3.38. The average Bonchev–Trinajstić information content (AvgIpc) is 2.38. The summed E-state index contributed by atoms with van der Waals surface area (Å²) in [6.07, 6.45) is -1.57. The molecule has 0 fully saturated rings. The van der Waals surface area contributed by atoms with Crippen LogP contribution in [0.15, 0.2) is 42.7 Å². The van der Waals surface area contributed by atoms with E-state index in [1.165, 1.54) is 31.5 Å². The topological polar surface area (TPSA) is 30.0 Å². The van der Waals surface area contributed by atoms with E-state index in [9.17, 15) is 18.0 Å². The molecule has 19 heavy (non-hydrogen) atoms. The molecule has 2 rings (SSSR count). The zero-order chi connectivity index (χ0) is 14.0. The highest BCUT2D eigenvalue weighted by atomic mass is 19.4. The third-order valence-corrected chi connectivity index (χ3v) is 2.67. The van der Waals surface area contributed by atoms with E-state index in [2.05, 4.69) is 4.98 Å². The van der Waals surface area contributed by atoms with E-state index in [0.717, 1.165) is 12.1 Å². The number of alkyl halides is 3. The van der Waals surface area contributed by atoms with Gasteiger partial charge < -0.3 is 0 Å².